The SMILES string of the molecule is CC1CC(C)N(CCOc2ccc(CNC(C)C)cc2)C1. The minimum absolute atomic E-state index is 0.519. The first-order chi connectivity index (χ1) is 10.0. The van der Waals surface area contributed by atoms with Gasteiger partial charge in [-0.05, 0) is 37.0 Å². The number of nitrogens with zero attached hydrogens (tertiary/aromatic N) is 1. The van der Waals surface area contributed by atoms with Gasteiger partial charge in [0.15, 0.2) is 0 Å². The Morgan fingerprint density at radius 2 is 1.95 bits per heavy atom. The first-order valence-electron chi connectivity index (χ1n) is 8.23. The Morgan fingerprint density at radius 1 is 1.24 bits per heavy atom. The molecule has 0 saturated carbocycles. The Kier molecular flexibility index (Phi) is 6.07. The number of rotatable bonds is 7. The topological polar surface area (TPSA) is 24.5 Å². The average Bonchev–Trinajstić information content (AvgIpc) is 2.76. The zero-order valence-corrected chi connectivity index (χ0v) is 13.9. The minimum atomic E-state index is 0.519. The zero-order valence-electron chi connectivity index (χ0n) is 13.9. The fourth-order valence-corrected chi connectivity index (χ4v) is 3.00. The predicted octanol–water partition coefficient (Wildman–Crippen LogP) is 3.29. The highest BCUT2D eigenvalue weighted by Gasteiger charge is 2.25. The highest BCUT2D eigenvalue weighted by atomic mass is 16.5. The quantitative estimate of drug-likeness (QED) is 0.834. The molecule has 1 heterocycles. The van der Waals surface area contributed by atoms with Gasteiger partial charge in [-0.15, -0.1) is 0 Å². The van der Waals surface area contributed by atoms with Crippen LogP contribution in [0.3, 0.4) is 0 Å². The van der Waals surface area contributed by atoms with Crippen LogP contribution in [0.15, 0.2) is 24.3 Å². The van der Waals surface area contributed by atoms with Gasteiger partial charge in [-0.1, -0.05) is 32.9 Å². The van der Waals surface area contributed by atoms with Crippen LogP contribution in [-0.4, -0.2) is 36.7 Å². The Balaban J connectivity index is 1.71. The van der Waals surface area contributed by atoms with Gasteiger partial charge >= 0.3 is 0 Å². The summed E-state index contributed by atoms with van der Waals surface area (Å²) in [7, 11) is 0. The highest BCUT2D eigenvalue weighted by molar-refractivity contribution is 5.27. The van der Waals surface area contributed by atoms with E-state index in [2.05, 4.69) is 62.2 Å². The smallest absolute Gasteiger partial charge is 0.119 e. The van der Waals surface area contributed by atoms with Gasteiger partial charge in [-0.25, -0.2) is 0 Å². The lowest BCUT2D eigenvalue weighted by molar-refractivity contribution is 0.202. The van der Waals surface area contributed by atoms with Crippen molar-refractivity contribution in [2.75, 3.05) is 19.7 Å². The van der Waals surface area contributed by atoms with Crippen molar-refractivity contribution in [1.29, 1.82) is 0 Å². The summed E-state index contributed by atoms with van der Waals surface area (Å²) in [6.07, 6.45) is 1.32. The van der Waals surface area contributed by atoms with Crippen LogP contribution < -0.4 is 10.1 Å². The number of likely N-dealkylation sites (tertiary alicyclic amines) is 1. The van der Waals surface area contributed by atoms with Crippen LogP contribution in [0, 0.1) is 5.92 Å². The van der Waals surface area contributed by atoms with Gasteiger partial charge in [0.2, 0.25) is 0 Å². The molecule has 0 amide bonds. The molecule has 1 aliphatic heterocycles. The summed E-state index contributed by atoms with van der Waals surface area (Å²) in [4.78, 5) is 2.53. The Morgan fingerprint density at radius 3 is 2.52 bits per heavy atom. The molecule has 3 nitrogen and oxygen atoms in total. The van der Waals surface area contributed by atoms with E-state index in [1.807, 2.05) is 0 Å². The van der Waals surface area contributed by atoms with E-state index in [1.165, 1.54) is 18.5 Å². The van der Waals surface area contributed by atoms with Crippen LogP contribution in [-0.2, 0) is 6.54 Å². The fourth-order valence-electron chi connectivity index (χ4n) is 3.00. The van der Waals surface area contributed by atoms with E-state index in [9.17, 15) is 0 Å². The van der Waals surface area contributed by atoms with Gasteiger partial charge < -0.3 is 10.1 Å². The van der Waals surface area contributed by atoms with Crippen molar-refractivity contribution in [3.63, 3.8) is 0 Å². The molecule has 0 spiro atoms. The second-order valence-electron chi connectivity index (χ2n) is 6.71. The fraction of sp³-hybridized carbons (Fsp3) is 0.667. The molecule has 2 unspecified atom stereocenters. The van der Waals surface area contributed by atoms with Crippen LogP contribution in [0.1, 0.15) is 39.7 Å². The van der Waals surface area contributed by atoms with Gasteiger partial charge in [0.1, 0.15) is 12.4 Å². The molecule has 1 aromatic carbocycles. The third kappa shape index (κ3) is 5.33. The third-order valence-corrected chi connectivity index (χ3v) is 4.20. The van der Waals surface area contributed by atoms with Gasteiger partial charge in [0.25, 0.3) is 0 Å². The lowest BCUT2D eigenvalue weighted by Crippen LogP contribution is -2.31. The van der Waals surface area contributed by atoms with E-state index in [0.29, 0.717) is 12.1 Å². The standard InChI is InChI=1S/C18H30N2O/c1-14(2)19-12-17-5-7-18(8-6-17)21-10-9-20-13-15(3)11-16(20)4/h5-8,14-16,19H,9-13H2,1-4H3. The molecule has 21 heavy (non-hydrogen) atoms. The maximum atomic E-state index is 5.87. The first kappa shape index (κ1) is 16.3. The van der Waals surface area contributed by atoms with E-state index in [1.54, 1.807) is 0 Å². The second kappa shape index (κ2) is 7.81. The van der Waals surface area contributed by atoms with E-state index < -0.39 is 0 Å². The predicted molar refractivity (Wildman–Crippen MR) is 88.7 cm³/mol. The number of nitrogens with one attached hydrogen (secondary N) is 1. The summed E-state index contributed by atoms with van der Waals surface area (Å²) >= 11 is 0. The molecule has 0 radical (unpaired) electrons. The Labute approximate surface area is 129 Å². The molecule has 3 heteroatoms. The van der Waals surface area contributed by atoms with Crippen molar-refractivity contribution < 1.29 is 4.74 Å². The third-order valence-electron chi connectivity index (χ3n) is 4.20. The van der Waals surface area contributed by atoms with Gasteiger partial charge in [0, 0.05) is 31.7 Å². The molecule has 2 rings (SSSR count). The summed E-state index contributed by atoms with van der Waals surface area (Å²) in [5.41, 5.74) is 1.30. The Hall–Kier alpha value is -1.06. The lowest BCUT2D eigenvalue weighted by Gasteiger charge is -2.21. The van der Waals surface area contributed by atoms with Crippen LogP contribution in [0.4, 0.5) is 0 Å². The van der Waals surface area contributed by atoms with Gasteiger partial charge in [0.05, 0.1) is 0 Å². The molecule has 1 saturated heterocycles. The van der Waals surface area contributed by atoms with Crippen molar-refractivity contribution >= 4 is 0 Å². The number of hydrogen-bond donors (Lipinski definition) is 1. The summed E-state index contributed by atoms with van der Waals surface area (Å²) in [5, 5.41) is 3.42. The minimum Gasteiger partial charge on any atom is -0.492 e. The molecule has 1 N–H and O–H groups in total. The molecule has 0 bridgehead atoms. The van der Waals surface area contributed by atoms with Crippen LogP contribution in [0.25, 0.3) is 0 Å². The van der Waals surface area contributed by atoms with E-state index >= 15 is 0 Å². The zero-order chi connectivity index (χ0) is 15.2. The molecule has 0 aromatic heterocycles. The van der Waals surface area contributed by atoms with E-state index in [4.69, 9.17) is 4.74 Å². The Bertz CT molecular complexity index is 416. The maximum absolute atomic E-state index is 5.87. The van der Waals surface area contributed by atoms with Crippen molar-refractivity contribution in [2.45, 2.75) is 52.7 Å². The van der Waals surface area contributed by atoms with E-state index in [0.717, 1.165) is 31.4 Å². The highest BCUT2D eigenvalue weighted by Crippen LogP contribution is 2.21. The molecular formula is C18H30N2O. The van der Waals surface area contributed by atoms with Crippen LogP contribution in [0.2, 0.25) is 0 Å². The summed E-state index contributed by atoms with van der Waals surface area (Å²) in [5.74, 6) is 1.80. The van der Waals surface area contributed by atoms with E-state index in [-0.39, 0.29) is 0 Å². The number of benzene rings is 1. The normalized spacial score (nSPS) is 22.9. The molecular weight excluding hydrogens is 260 g/mol. The van der Waals surface area contributed by atoms with Gasteiger partial charge in [-0.3, -0.25) is 4.90 Å². The summed E-state index contributed by atoms with van der Waals surface area (Å²) in [6.45, 7) is 12.9. The largest absolute Gasteiger partial charge is 0.492 e. The number of ether oxygens (including phenoxy) is 1. The lowest BCUT2D eigenvalue weighted by atomic mass is 10.1. The second-order valence-corrected chi connectivity index (χ2v) is 6.71. The molecule has 0 aliphatic carbocycles. The van der Waals surface area contributed by atoms with Crippen LogP contribution in [0.5, 0.6) is 5.75 Å². The maximum Gasteiger partial charge on any atom is 0.119 e. The van der Waals surface area contributed by atoms with Crippen molar-refractivity contribution in [3.8, 4) is 5.75 Å². The first-order valence-corrected chi connectivity index (χ1v) is 8.23. The van der Waals surface area contributed by atoms with Crippen LogP contribution >= 0.6 is 0 Å². The molecule has 2 atom stereocenters. The van der Waals surface area contributed by atoms with Gasteiger partial charge in [-0.2, -0.15) is 0 Å². The van der Waals surface area contributed by atoms with Crippen molar-refractivity contribution in [2.24, 2.45) is 5.92 Å². The molecule has 1 fully saturated rings. The summed E-state index contributed by atoms with van der Waals surface area (Å²) < 4.78 is 5.87. The monoisotopic (exact) mass is 290 g/mol. The molecule has 118 valence electrons. The molecule has 1 aliphatic rings. The molecule has 1 aromatic rings. The van der Waals surface area contributed by atoms with Crippen molar-refractivity contribution in [1.82, 2.24) is 10.2 Å². The number of hydrogen-bond acceptors (Lipinski definition) is 3. The average molecular weight is 290 g/mol. The summed E-state index contributed by atoms with van der Waals surface area (Å²) in [6, 6.07) is 9.66. The van der Waals surface area contributed by atoms with Crippen molar-refractivity contribution in [3.05, 3.63) is 29.8 Å².